The lowest BCUT2D eigenvalue weighted by molar-refractivity contribution is -0.125. The summed E-state index contributed by atoms with van der Waals surface area (Å²) in [5, 5.41) is 4.31. The van der Waals surface area contributed by atoms with Gasteiger partial charge in [0.2, 0.25) is 5.91 Å². The first kappa shape index (κ1) is 20.1. The molecule has 2 aliphatic rings. The molecule has 2 N–H and O–H groups in total. The Bertz CT molecular complexity index is 1120. The highest BCUT2D eigenvalue weighted by atomic mass is 35.5. The number of carbonyl (C=O) groups excluding carboxylic acids is 1. The van der Waals surface area contributed by atoms with Crippen molar-refractivity contribution in [2.45, 2.75) is 38.8 Å². The maximum atomic E-state index is 12.0. The smallest absolute Gasteiger partial charge is 0.222 e. The molecule has 5 rings (SSSR count). The highest BCUT2D eigenvalue weighted by Crippen LogP contribution is 2.37. The molecule has 9 heteroatoms. The van der Waals surface area contributed by atoms with Crippen molar-refractivity contribution in [3.05, 3.63) is 41.1 Å². The molecule has 1 unspecified atom stereocenters. The Balaban J connectivity index is 1.46. The van der Waals surface area contributed by atoms with E-state index in [9.17, 15) is 4.79 Å². The van der Waals surface area contributed by atoms with Gasteiger partial charge >= 0.3 is 0 Å². The van der Waals surface area contributed by atoms with E-state index in [1.54, 1.807) is 13.4 Å². The number of carbonyl (C=O) groups is 1. The number of pyridine rings is 1. The van der Waals surface area contributed by atoms with E-state index in [0.717, 1.165) is 66.1 Å². The van der Waals surface area contributed by atoms with Gasteiger partial charge in [0.1, 0.15) is 22.9 Å². The zero-order valence-corrected chi connectivity index (χ0v) is 18.5. The number of hydrogen-bond acceptors (Lipinski definition) is 6. The van der Waals surface area contributed by atoms with Crippen molar-refractivity contribution in [2.24, 2.45) is 5.92 Å². The number of fused-ring (bicyclic) bond motifs is 2. The molecule has 1 fully saturated rings. The van der Waals surface area contributed by atoms with Crippen molar-refractivity contribution >= 4 is 40.0 Å². The van der Waals surface area contributed by atoms with Gasteiger partial charge in [-0.2, -0.15) is 0 Å². The fraction of sp³-hybridized carbons (Fsp3) is 0.455. The van der Waals surface area contributed by atoms with Crippen molar-refractivity contribution in [3.63, 3.8) is 0 Å². The molecule has 162 valence electrons. The van der Waals surface area contributed by atoms with Crippen LogP contribution < -0.4 is 15.1 Å². The fourth-order valence-corrected chi connectivity index (χ4v) is 5.06. The van der Waals surface area contributed by atoms with Gasteiger partial charge in [0.05, 0.1) is 11.4 Å². The lowest BCUT2D eigenvalue weighted by Crippen LogP contribution is -2.43. The second-order valence-corrected chi connectivity index (χ2v) is 8.77. The Labute approximate surface area is 186 Å². The van der Waals surface area contributed by atoms with E-state index in [4.69, 9.17) is 11.6 Å². The molecule has 1 amide bonds. The topological polar surface area (TPSA) is 90.0 Å². The van der Waals surface area contributed by atoms with Crippen molar-refractivity contribution in [1.82, 2.24) is 25.3 Å². The molecule has 0 saturated carbocycles. The summed E-state index contributed by atoms with van der Waals surface area (Å²) < 4.78 is 0. The molecular formula is C22H26ClN7O. The molecule has 0 aliphatic carbocycles. The van der Waals surface area contributed by atoms with E-state index in [1.165, 1.54) is 0 Å². The van der Waals surface area contributed by atoms with Gasteiger partial charge in [0.15, 0.2) is 0 Å². The molecule has 3 aromatic rings. The minimum Gasteiger partial charge on any atom is -0.363 e. The first-order valence-electron chi connectivity index (χ1n) is 10.7. The third-order valence-corrected chi connectivity index (χ3v) is 6.75. The Morgan fingerprint density at radius 1 is 1.29 bits per heavy atom. The molecular weight excluding hydrogens is 414 g/mol. The van der Waals surface area contributed by atoms with Gasteiger partial charge in [-0.05, 0) is 31.9 Å². The van der Waals surface area contributed by atoms with E-state index in [-0.39, 0.29) is 17.9 Å². The van der Waals surface area contributed by atoms with Gasteiger partial charge < -0.3 is 20.1 Å². The van der Waals surface area contributed by atoms with Gasteiger partial charge in [-0.15, -0.1) is 0 Å². The standard InChI is InChI=1S/C22H26ClN7O/c1-13-9-17-16(11-30(13)18-10-19(23)28-20-15(18)3-6-25-20)21(27-12-26-17)29-7-4-14(5-8-29)22(31)24-2/h3,6,10,12-14H,4-5,7-9,11H2,1-2H3,(H,24,31)(H,25,28). The number of H-pyrrole nitrogens is 1. The molecule has 2 aliphatic heterocycles. The van der Waals surface area contributed by atoms with Crippen molar-refractivity contribution < 1.29 is 4.79 Å². The number of piperidine rings is 1. The molecule has 3 aromatic heterocycles. The van der Waals surface area contributed by atoms with Crippen LogP contribution in [0.25, 0.3) is 11.0 Å². The molecule has 0 bridgehead atoms. The van der Waals surface area contributed by atoms with Gasteiger partial charge in [-0.25, -0.2) is 15.0 Å². The van der Waals surface area contributed by atoms with Crippen LogP contribution in [0.1, 0.15) is 31.0 Å². The molecule has 0 radical (unpaired) electrons. The van der Waals surface area contributed by atoms with Crippen LogP contribution in [0.4, 0.5) is 11.5 Å². The minimum absolute atomic E-state index is 0.0799. The number of amides is 1. The van der Waals surface area contributed by atoms with Crippen LogP contribution in [0.15, 0.2) is 24.7 Å². The first-order chi connectivity index (χ1) is 15.0. The normalized spacial score (nSPS) is 19.5. The van der Waals surface area contributed by atoms with Crippen LogP contribution in [-0.2, 0) is 17.8 Å². The zero-order chi connectivity index (χ0) is 21.5. The lowest BCUT2D eigenvalue weighted by Gasteiger charge is -2.39. The molecule has 1 atom stereocenters. The van der Waals surface area contributed by atoms with Crippen LogP contribution in [-0.4, -0.2) is 52.0 Å². The number of nitrogens with zero attached hydrogens (tertiary/aromatic N) is 5. The lowest BCUT2D eigenvalue weighted by atomic mass is 9.94. The number of rotatable bonds is 3. The maximum absolute atomic E-state index is 12.0. The summed E-state index contributed by atoms with van der Waals surface area (Å²) in [6.07, 6.45) is 6.08. The Morgan fingerprint density at radius 2 is 2.10 bits per heavy atom. The average molecular weight is 440 g/mol. The minimum atomic E-state index is 0.0799. The summed E-state index contributed by atoms with van der Waals surface area (Å²) in [5.41, 5.74) is 4.13. The Morgan fingerprint density at radius 3 is 2.87 bits per heavy atom. The van der Waals surface area contributed by atoms with E-state index in [2.05, 4.69) is 42.0 Å². The predicted octanol–water partition coefficient (Wildman–Crippen LogP) is 2.92. The highest BCUT2D eigenvalue weighted by Gasteiger charge is 2.32. The van der Waals surface area contributed by atoms with Gasteiger partial charge in [-0.1, -0.05) is 11.6 Å². The second-order valence-electron chi connectivity index (χ2n) is 8.38. The number of aromatic nitrogens is 4. The molecule has 0 spiro atoms. The monoisotopic (exact) mass is 439 g/mol. The summed E-state index contributed by atoms with van der Waals surface area (Å²) in [6, 6.07) is 4.26. The van der Waals surface area contributed by atoms with Crippen LogP contribution in [0.2, 0.25) is 5.15 Å². The van der Waals surface area contributed by atoms with E-state index >= 15 is 0 Å². The van der Waals surface area contributed by atoms with Crippen molar-refractivity contribution in [3.8, 4) is 0 Å². The zero-order valence-electron chi connectivity index (χ0n) is 17.7. The number of halogens is 1. The first-order valence-corrected chi connectivity index (χ1v) is 11.1. The highest BCUT2D eigenvalue weighted by molar-refractivity contribution is 6.30. The SMILES string of the molecule is CNC(=O)C1CCN(c2ncnc3c2CN(c2cc(Cl)nc4[nH]ccc24)C(C)C3)CC1. The van der Waals surface area contributed by atoms with Gasteiger partial charge in [0.25, 0.3) is 0 Å². The summed E-state index contributed by atoms with van der Waals surface area (Å²) in [6.45, 7) is 4.57. The summed E-state index contributed by atoms with van der Waals surface area (Å²) in [5.74, 6) is 1.20. The van der Waals surface area contributed by atoms with E-state index in [0.29, 0.717) is 11.7 Å². The molecule has 8 nitrogen and oxygen atoms in total. The van der Waals surface area contributed by atoms with Crippen LogP contribution in [0, 0.1) is 5.92 Å². The molecule has 0 aromatic carbocycles. The quantitative estimate of drug-likeness (QED) is 0.610. The number of aromatic amines is 1. The molecule has 31 heavy (non-hydrogen) atoms. The summed E-state index contributed by atoms with van der Waals surface area (Å²) in [4.78, 5) is 33.5. The third kappa shape index (κ3) is 3.59. The second kappa shape index (κ2) is 8.00. The third-order valence-electron chi connectivity index (χ3n) is 6.56. The maximum Gasteiger partial charge on any atom is 0.222 e. The average Bonchev–Trinajstić information content (AvgIpc) is 3.25. The summed E-state index contributed by atoms with van der Waals surface area (Å²) >= 11 is 6.33. The van der Waals surface area contributed by atoms with E-state index < -0.39 is 0 Å². The van der Waals surface area contributed by atoms with Crippen molar-refractivity contribution in [1.29, 1.82) is 0 Å². The number of nitrogens with one attached hydrogen (secondary N) is 2. The van der Waals surface area contributed by atoms with Crippen molar-refractivity contribution in [2.75, 3.05) is 29.9 Å². The molecule has 5 heterocycles. The Hall–Kier alpha value is -2.87. The van der Waals surface area contributed by atoms with Gasteiger partial charge in [0, 0.05) is 62.2 Å². The number of anilines is 2. The summed E-state index contributed by atoms with van der Waals surface area (Å²) in [7, 11) is 1.71. The van der Waals surface area contributed by atoms with Crippen LogP contribution >= 0.6 is 11.6 Å². The predicted molar refractivity (Wildman–Crippen MR) is 121 cm³/mol. The molecule has 1 saturated heterocycles. The largest absolute Gasteiger partial charge is 0.363 e. The van der Waals surface area contributed by atoms with Crippen LogP contribution in [0.5, 0.6) is 0 Å². The Kier molecular flexibility index (Phi) is 5.17. The van der Waals surface area contributed by atoms with Gasteiger partial charge in [-0.3, -0.25) is 4.79 Å². The number of hydrogen-bond donors (Lipinski definition) is 2. The van der Waals surface area contributed by atoms with E-state index in [1.807, 2.05) is 18.3 Å². The van der Waals surface area contributed by atoms with Crippen LogP contribution in [0.3, 0.4) is 0 Å². The fourth-order valence-electron chi connectivity index (χ4n) is 4.87.